The van der Waals surface area contributed by atoms with E-state index in [1.807, 2.05) is 31.3 Å². The van der Waals surface area contributed by atoms with Crippen molar-refractivity contribution in [2.75, 3.05) is 18.5 Å². The van der Waals surface area contributed by atoms with E-state index >= 15 is 0 Å². The minimum Gasteiger partial charge on any atom is -0.364 e. The summed E-state index contributed by atoms with van der Waals surface area (Å²) in [5.74, 6) is 0. The fraction of sp³-hybridized carbons (Fsp3) is 0.200. The van der Waals surface area contributed by atoms with Crippen LogP contribution >= 0.6 is 0 Å². The first-order valence-corrected chi connectivity index (χ1v) is 3.55. The van der Waals surface area contributed by atoms with E-state index < -0.39 is 0 Å². The van der Waals surface area contributed by atoms with Crippen LogP contribution in [0.3, 0.4) is 0 Å². The summed E-state index contributed by atoms with van der Waals surface area (Å²) in [6.07, 6.45) is 1.86. The van der Waals surface area contributed by atoms with E-state index in [1.165, 1.54) is 0 Å². The largest absolute Gasteiger partial charge is 0.364 e. The molecular weight excluding hydrogens is 134 g/mol. The van der Waals surface area contributed by atoms with E-state index in [0.29, 0.717) is 0 Å². The number of nitrogens with zero attached hydrogens (tertiary/aromatic N) is 1. The van der Waals surface area contributed by atoms with Crippen molar-refractivity contribution < 1.29 is 0 Å². The summed E-state index contributed by atoms with van der Waals surface area (Å²) < 4.78 is 0. The Hall–Kier alpha value is -1.42. The van der Waals surface area contributed by atoms with Gasteiger partial charge in [0, 0.05) is 13.6 Å². The van der Waals surface area contributed by atoms with Crippen LogP contribution in [-0.2, 0) is 0 Å². The third kappa shape index (κ3) is 2.01. The minimum absolute atomic E-state index is 0.842. The molecule has 1 aromatic rings. The lowest BCUT2D eigenvalue weighted by molar-refractivity contribution is 1.03. The van der Waals surface area contributed by atoms with Crippen LogP contribution in [-0.4, -0.2) is 13.6 Å². The molecule has 0 saturated carbocycles. The molecule has 0 N–H and O–H groups in total. The summed E-state index contributed by atoms with van der Waals surface area (Å²) in [5.41, 5.74) is 1.05. The van der Waals surface area contributed by atoms with Gasteiger partial charge in [-0.05, 0) is 18.2 Å². The van der Waals surface area contributed by atoms with Crippen LogP contribution < -0.4 is 4.90 Å². The smallest absolute Gasteiger partial charge is 0.0883 e. The first kappa shape index (κ1) is 7.68. The number of likely N-dealkylation sites (N-methyl/N-ethyl adjacent to an activating group) is 1. The maximum absolute atomic E-state index is 3.66. The maximum atomic E-state index is 3.66. The highest BCUT2D eigenvalue weighted by Gasteiger charge is 1.93. The zero-order valence-corrected chi connectivity index (χ0v) is 6.67. The Balaban J connectivity index is 2.68. The van der Waals surface area contributed by atoms with Crippen molar-refractivity contribution in [3.05, 3.63) is 43.0 Å². The summed E-state index contributed by atoms with van der Waals surface area (Å²) in [5, 5.41) is 0. The Morgan fingerprint density at radius 2 is 2.55 bits per heavy atom. The Morgan fingerprint density at radius 1 is 1.73 bits per heavy atom. The van der Waals surface area contributed by atoms with Crippen LogP contribution in [0.1, 0.15) is 0 Å². The fourth-order valence-corrected chi connectivity index (χ4v) is 0.859. The van der Waals surface area contributed by atoms with Crippen molar-refractivity contribution in [3.8, 4) is 0 Å². The van der Waals surface area contributed by atoms with Gasteiger partial charge in [0.25, 0.3) is 0 Å². The molecule has 11 heavy (non-hydrogen) atoms. The molecule has 1 heteroatoms. The molecule has 0 amide bonds. The third-order valence-corrected chi connectivity index (χ3v) is 1.45. The van der Waals surface area contributed by atoms with Gasteiger partial charge in [0.15, 0.2) is 0 Å². The molecule has 1 aromatic carbocycles. The van der Waals surface area contributed by atoms with Gasteiger partial charge in [-0.1, -0.05) is 18.2 Å². The molecule has 0 aliphatic rings. The number of hydrogen-bond acceptors (Lipinski definition) is 1. The molecule has 0 atom stereocenters. The topological polar surface area (TPSA) is 3.24 Å². The number of anilines is 1. The van der Waals surface area contributed by atoms with Gasteiger partial charge < -0.3 is 4.90 Å². The molecule has 0 saturated heterocycles. The van der Waals surface area contributed by atoms with E-state index in [0.717, 1.165) is 12.2 Å². The van der Waals surface area contributed by atoms with Crippen LogP contribution in [0.2, 0.25) is 0 Å². The molecule has 0 aliphatic carbocycles. The first-order valence-electron chi connectivity index (χ1n) is 3.55. The van der Waals surface area contributed by atoms with Gasteiger partial charge in [-0.3, -0.25) is 0 Å². The third-order valence-electron chi connectivity index (χ3n) is 1.45. The molecule has 0 bridgehead atoms. The van der Waals surface area contributed by atoms with Crippen LogP contribution in [0.15, 0.2) is 30.9 Å². The highest BCUT2D eigenvalue weighted by atomic mass is 15.1. The van der Waals surface area contributed by atoms with E-state index in [1.54, 1.807) is 0 Å². The summed E-state index contributed by atoms with van der Waals surface area (Å²) >= 11 is 0. The average molecular weight is 145 g/mol. The molecule has 0 fully saturated rings. The van der Waals surface area contributed by atoms with Crippen LogP contribution in [0.5, 0.6) is 0 Å². The van der Waals surface area contributed by atoms with Gasteiger partial charge in [-0.15, -0.1) is 6.58 Å². The van der Waals surface area contributed by atoms with Gasteiger partial charge in [-0.2, -0.15) is 0 Å². The quantitative estimate of drug-likeness (QED) is 0.587. The molecule has 0 aliphatic heterocycles. The van der Waals surface area contributed by atoms with Gasteiger partial charge in [0.05, 0.1) is 5.69 Å². The summed E-state index contributed by atoms with van der Waals surface area (Å²) in [7, 11) is 2.00. The number of rotatable bonds is 3. The Morgan fingerprint density at radius 3 is 3.09 bits per heavy atom. The Labute approximate surface area is 68.0 Å². The van der Waals surface area contributed by atoms with Crippen molar-refractivity contribution >= 4 is 5.69 Å². The van der Waals surface area contributed by atoms with Crippen molar-refractivity contribution in [3.63, 3.8) is 0 Å². The fourth-order valence-electron chi connectivity index (χ4n) is 0.859. The zero-order chi connectivity index (χ0) is 8.10. The minimum atomic E-state index is 0.842. The number of hydrogen-bond donors (Lipinski definition) is 0. The average Bonchev–Trinajstić information content (AvgIpc) is 2.07. The Kier molecular flexibility index (Phi) is 2.57. The lowest BCUT2D eigenvalue weighted by atomic mass is 10.3. The second-order valence-corrected chi connectivity index (χ2v) is 2.35. The summed E-state index contributed by atoms with van der Waals surface area (Å²) in [6, 6.07) is 11.7. The van der Waals surface area contributed by atoms with Crippen LogP contribution in [0.4, 0.5) is 5.69 Å². The van der Waals surface area contributed by atoms with Gasteiger partial charge in [-0.25, -0.2) is 0 Å². The molecule has 0 spiro atoms. The van der Waals surface area contributed by atoms with Crippen molar-refractivity contribution in [2.45, 2.75) is 0 Å². The van der Waals surface area contributed by atoms with Crippen molar-refractivity contribution in [1.82, 2.24) is 0 Å². The molecule has 0 heterocycles. The zero-order valence-electron chi connectivity index (χ0n) is 6.67. The van der Waals surface area contributed by atoms with Gasteiger partial charge in [0.2, 0.25) is 0 Å². The maximum Gasteiger partial charge on any atom is 0.0883 e. The summed E-state index contributed by atoms with van der Waals surface area (Å²) in [6.45, 7) is 4.50. The van der Waals surface area contributed by atoms with Crippen LogP contribution in [0.25, 0.3) is 0 Å². The second kappa shape index (κ2) is 3.68. The van der Waals surface area contributed by atoms with Gasteiger partial charge >= 0.3 is 0 Å². The molecular formula is C10H11N. The predicted molar refractivity (Wildman–Crippen MR) is 47.6 cm³/mol. The second-order valence-electron chi connectivity index (χ2n) is 2.35. The normalized spacial score (nSPS) is 8.45. The molecule has 0 unspecified atom stereocenters. The molecule has 1 rings (SSSR count). The lowest BCUT2D eigenvalue weighted by Crippen LogP contribution is -2.15. The molecule has 0 aromatic heterocycles. The lowest BCUT2D eigenvalue weighted by Gasteiger charge is -2.13. The Bertz CT molecular complexity index is 216. The SMILES string of the molecule is C=CCN(C)c1c#cccc1. The highest BCUT2D eigenvalue weighted by Crippen LogP contribution is 2.05. The molecule has 1 nitrogen and oxygen atoms in total. The standard InChI is InChI=1S/C10H11N/c1-3-9-11(2)10-7-5-4-6-8-10/h3-5,7H,1,9H2,2H3. The van der Waals surface area contributed by atoms with E-state index in [-0.39, 0.29) is 0 Å². The van der Waals surface area contributed by atoms with E-state index in [9.17, 15) is 0 Å². The predicted octanol–water partition coefficient (Wildman–Crippen LogP) is 1.91. The monoisotopic (exact) mass is 145 g/mol. The molecule has 56 valence electrons. The first-order chi connectivity index (χ1) is 5.34. The van der Waals surface area contributed by atoms with Gasteiger partial charge in [0.1, 0.15) is 0 Å². The van der Waals surface area contributed by atoms with Crippen LogP contribution in [0, 0.1) is 12.1 Å². The molecule has 0 radical (unpaired) electrons. The highest BCUT2D eigenvalue weighted by molar-refractivity contribution is 5.41. The van der Waals surface area contributed by atoms with E-state index in [4.69, 9.17) is 0 Å². The summed E-state index contributed by atoms with van der Waals surface area (Å²) in [4.78, 5) is 2.06. The van der Waals surface area contributed by atoms with Crippen molar-refractivity contribution in [2.24, 2.45) is 0 Å². The van der Waals surface area contributed by atoms with Crippen molar-refractivity contribution in [1.29, 1.82) is 0 Å². The van der Waals surface area contributed by atoms with E-state index in [2.05, 4.69) is 23.6 Å².